The summed E-state index contributed by atoms with van der Waals surface area (Å²) >= 11 is 0. The van der Waals surface area contributed by atoms with Crippen LogP contribution in [0.25, 0.3) is 11.4 Å². The van der Waals surface area contributed by atoms with E-state index in [9.17, 15) is 4.79 Å². The van der Waals surface area contributed by atoms with Gasteiger partial charge in [0.25, 0.3) is 0 Å². The smallest absolute Gasteiger partial charge is 0.319 e. The third-order valence-electron chi connectivity index (χ3n) is 4.78. The first-order valence-electron chi connectivity index (χ1n) is 8.82. The highest BCUT2D eigenvalue weighted by atomic mass is 16.5. The minimum Gasteiger partial charge on any atom is -0.378 e. The molecule has 2 atom stereocenters. The third-order valence-corrected chi connectivity index (χ3v) is 4.78. The molecule has 1 aliphatic heterocycles. The highest BCUT2D eigenvalue weighted by Gasteiger charge is 2.36. The van der Waals surface area contributed by atoms with Gasteiger partial charge in [-0.25, -0.2) is 9.78 Å². The van der Waals surface area contributed by atoms with E-state index in [0.29, 0.717) is 17.8 Å². The minimum atomic E-state index is -0.174. The van der Waals surface area contributed by atoms with E-state index in [1.165, 1.54) is 12.8 Å². The van der Waals surface area contributed by atoms with Crippen LogP contribution in [0, 0.1) is 5.92 Å². The molecule has 7 nitrogen and oxygen atoms in total. The van der Waals surface area contributed by atoms with E-state index >= 15 is 0 Å². The lowest BCUT2D eigenvalue weighted by Crippen LogP contribution is -2.44. The molecule has 0 bridgehead atoms. The van der Waals surface area contributed by atoms with E-state index in [2.05, 4.69) is 20.7 Å². The van der Waals surface area contributed by atoms with Crippen LogP contribution in [0.5, 0.6) is 0 Å². The lowest BCUT2D eigenvalue weighted by molar-refractivity contribution is -0.00889. The van der Waals surface area contributed by atoms with Crippen molar-refractivity contribution in [3.05, 3.63) is 30.6 Å². The van der Waals surface area contributed by atoms with Crippen LogP contribution < -0.4 is 10.6 Å². The molecule has 1 aliphatic carbocycles. The molecule has 2 aromatic rings. The van der Waals surface area contributed by atoms with E-state index in [1.54, 1.807) is 11.0 Å². The molecule has 2 amide bonds. The third kappa shape index (κ3) is 3.99. The number of hydrogen-bond acceptors (Lipinski definition) is 4. The molecule has 0 spiro atoms. The predicted octanol–water partition coefficient (Wildman–Crippen LogP) is 2.56. The fraction of sp³-hybridized carbons (Fsp3) is 0.500. The van der Waals surface area contributed by atoms with E-state index in [0.717, 1.165) is 30.7 Å². The molecule has 2 heterocycles. The predicted molar refractivity (Wildman–Crippen MR) is 94.1 cm³/mol. The van der Waals surface area contributed by atoms with Gasteiger partial charge in [-0.1, -0.05) is 12.1 Å². The highest BCUT2D eigenvalue weighted by Crippen LogP contribution is 2.38. The molecule has 4 rings (SSSR count). The molecule has 2 N–H and O–H groups in total. The van der Waals surface area contributed by atoms with Crippen LogP contribution in [-0.4, -0.2) is 39.5 Å². The maximum absolute atomic E-state index is 12.3. The molecule has 2 aliphatic rings. The number of anilines is 1. The molecule has 0 radical (unpaired) electrons. The number of urea groups is 1. The Balaban J connectivity index is 1.36. The van der Waals surface area contributed by atoms with E-state index in [1.807, 2.05) is 31.3 Å². The summed E-state index contributed by atoms with van der Waals surface area (Å²) in [6.07, 6.45) is 6.28. The molecule has 1 saturated carbocycles. The number of carbonyl (C=O) groups excluding carboxylic acids is 1. The highest BCUT2D eigenvalue weighted by molar-refractivity contribution is 5.90. The van der Waals surface area contributed by atoms with Crippen LogP contribution >= 0.6 is 0 Å². The molecule has 1 saturated heterocycles. The van der Waals surface area contributed by atoms with Gasteiger partial charge in [-0.3, -0.25) is 4.68 Å². The first-order chi connectivity index (χ1) is 12.2. The Hall–Kier alpha value is -2.41. The number of ether oxygens (including phenoxy) is 1. The largest absolute Gasteiger partial charge is 0.378 e. The zero-order chi connectivity index (χ0) is 17.2. The van der Waals surface area contributed by atoms with Gasteiger partial charge >= 0.3 is 6.03 Å². The number of aryl methyl sites for hydroxylation is 1. The van der Waals surface area contributed by atoms with Crippen LogP contribution in [0.4, 0.5) is 10.5 Å². The Labute approximate surface area is 146 Å². The summed E-state index contributed by atoms with van der Waals surface area (Å²) in [7, 11) is 1.83. The Morgan fingerprint density at radius 1 is 1.32 bits per heavy atom. The minimum absolute atomic E-state index is 0.174. The van der Waals surface area contributed by atoms with Crippen LogP contribution in [0.1, 0.15) is 25.7 Å². The Kier molecular flexibility index (Phi) is 4.40. The molecule has 25 heavy (non-hydrogen) atoms. The summed E-state index contributed by atoms with van der Waals surface area (Å²) in [4.78, 5) is 16.6. The number of aromatic nitrogens is 3. The van der Waals surface area contributed by atoms with Crippen molar-refractivity contribution in [2.45, 2.75) is 37.8 Å². The average molecular weight is 341 g/mol. The normalized spacial score (nSPS) is 23.2. The summed E-state index contributed by atoms with van der Waals surface area (Å²) < 4.78 is 7.47. The monoisotopic (exact) mass is 341 g/mol. The van der Waals surface area contributed by atoms with Gasteiger partial charge in [-0.15, -0.1) is 0 Å². The lowest BCUT2D eigenvalue weighted by Gasteiger charge is -2.30. The van der Waals surface area contributed by atoms with Gasteiger partial charge in [-0.05, 0) is 43.7 Å². The summed E-state index contributed by atoms with van der Waals surface area (Å²) in [6, 6.07) is 7.57. The van der Waals surface area contributed by atoms with Crippen molar-refractivity contribution in [1.29, 1.82) is 0 Å². The molecule has 132 valence electrons. The number of rotatable bonds is 4. The Morgan fingerprint density at radius 2 is 2.20 bits per heavy atom. The SMILES string of the molecule is Cn1cnc(-c2cccc(NC(=O)N[C@H]3CCO[C@H](C4CC4)C3)c2)n1. The molecule has 7 heteroatoms. The fourth-order valence-electron chi connectivity index (χ4n) is 3.32. The van der Waals surface area contributed by atoms with E-state index in [-0.39, 0.29) is 12.1 Å². The van der Waals surface area contributed by atoms with Gasteiger partial charge in [0.05, 0.1) is 6.10 Å². The van der Waals surface area contributed by atoms with Crippen molar-refractivity contribution in [1.82, 2.24) is 20.1 Å². The number of nitrogens with zero attached hydrogens (tertiary/aromatic N) is 3. The maximum atomic E-state index is 12.3. The van der Waals surface area contributed by atoms with Crippen molar-refractivity contribution in [2.75, 3.05) is 11.9 Å². The fourth-order valence-corrected chi connectivity index (χ4v) is 3.32. The van der Waals surface area contributed by atoms with Gasteiger partial charge < -0.3 is 15.4 Å². The van der Waals surface area contributed by atoms with Crippen molar-refractivity contribution in [3.8, 4) is 11.4 Å². The van der Waals surface area contributed by atoms with Crippen LogP contribution in [0.3, 0.4) is 0 Å². The molecular formula is C18H23N5O2. The summed E-state index contributed by atoms with van der Waals surface area (Å²) in [5.41, 5.74) is 1.60. The molecule has 2 fully saturated rings. The quantitative estimate of drug-likeness (QED) is 0.895. The standard InChI is InChI=1S/C18H23N5O2/c1-23-11-19-17(22-23)13-3-2-4-14(9-13)20-18(24)21-15-7-8-25-16(10-15)12-5-6-12/h2-4,9,11-12,15-16H,5-8,10H2,1H3,(H2,20,21,24)/t15-,16-/m0/s1. The topological polar surface area (TPSA) is 81.1 Å². The first-order valence-corrected chi connectivity index (χ1v) is 8.82. The Bertz CT molecular complexity index is 755. The summed E-state index contributed by atoms with van der Waals surface area (Å²) in [5.74, 6) is 1.35. The number of nitrogens with one attached hydrogen (secondary N) is 2. The second-order valence-corrected chi connectivity index (χ2v) is 6.89. The van der Waals surface area contributed by atoms with E-state index in [4.69, 9.17) is 4.74 Å². The molecular weight excluding hydrogens is 318 g/mol. The van der Waals surface area contributed by atoms with Gasteiger partial charge in [0.1, 0.15) is 6.33 Å². The number of hydrogen-bond donors (Lipinski definition) is 2. The van der Waals surface area contributed by atoms with Crippen LogP contribution in [0.2, 0.25) is 0 Å². The number of carbonyl (C=O) groups is 1. The number of amides is 2. The first kappa shape index (κ1) is 16.1. The van der Waals surface area contributed by atoms with Gasteiger partial charge in [-0.2, -0.15) is 5.10 Å². The maximum Gasteiger partial charge on any atom is 0.319 e. The van der Waals surface area contributed by atoms with Crippen molar-refractivity contribution in [2.24, 2.45) is 13.0 Å². The average Bonchev–Trinajstić information content (AvgIpc) is 3.36. The lowest BCUT2D eigenvalue weighted by atomic mass is 10.0. The second-order valence-electron chi connectivity index (χ2n) is 6.89. The van der Waals surface area contributed by atoms with Crippen LogP contribution in [0.15, 0.2) is 30.6 Å². The van der Waals surface area contributed by atoms with Crippen molar-refractivity contribution >= 4 is 11.7 Å². The van der Waals surface area contributed by atoms with Crippen LogP contribution in [-0.2, 0) is 11.8 Å². The van der Waals surface area contributed by atoms with Gasteiger partial charge in [0, 0.05) is 30.9 Å². The zero-order valence-corrected chi connectivity index (χ0v) is 14.3. The van der Waals surface area contributed by atoms with E-state index < -0.39 is 0 Å². The van der Waals surface area contributed by atoms with Gasteiger partial charge in [0.2, 0.25) is 0 Å². The van der Waals surface area contributed by atoms with Crippen molar-refractivity contribution in [3.63, 3.8) is 0 Å². The summed E-state index contributed by atoms with van der Waals surface area (Å²) in [5, 5.41) is 10.3. The molecule has 1 aromatic carbocycles. The summed E-state index contributed by atoms with van der Waals surface area (Å²) in [6.45, 7) is 0.729. The second kappa shape index (κ2) is 6.84. The zero-order valence-electron chi connectivity index (χ0n) is 14.3. The van der Waals surface area contributed by atoms with Crippen molar-refractivity contribution < 1.29 is 9.53 Å². The number of benzene rings is 1. The molecule has 1 aromatic heterocycles. The Morgan fingerprint density at radius 3 is 2.96 bits per heavy atom. The molecule has 0 unspecified atom stereocenters. The van der Waals surface area contributed by atoms with Gasteiger partial charge in [0.15, 0.2) is 5.82 Å².